The van der Waals surface area contributed by atoms with Crippen LogP contribution < -0.4 is 9.47 Å². The summed E-state index contributed by atoms with van der Waals surface area (Å²) in [6.45, 7) is 1.42. The number of aromatic amines is 1. The lowest BCUT2D eigenvalue weighted by molar-refractivity contribution is -0.144. The number of fused-ring (bicyclic) bond motifs is 1. The van der Waals surface area contributed by atoms with Gasteiger partial charge < -0.3 is 19.6 Å². The van der Waals surface area contributed by atoms with Gasteiger partial charge in [-0.05, 0) is 31.2 Å². The highest BCUT2D eigenvalue weighted by molar-refractivity contribution is 5.91. The number of para-hydroxylation sites is 3. The Kier molecular flexibility index (Phi) is 5.08. The molecule has 0 amide bonds. The molecule has 7 heteroatoms. The van der Waals surface area contributed by atoms with E-state index in [4.69, 9.17) is 14.6 Å². The van der Waals surface area contributed by atoms with E-state index in [-0.39, 0.29) is 11.3 Å². The minimum atomic E-state index is -1.10. The molecule has 136 valence electrons. The second-order valence-corrected chi connectivity index (χ2v) is 5.75. The summed E-state index contributed by atoms with van der Waals surface area (Å²) in [5.41, 5.74) is 2.36. The van der Waals surface area contributed by atoms with Gasteiger partial charge >= 0.3 is 5.97 Å². The normalized spacial score (nSPS) is 12.4. The third-order valence-corrected chi connectivity index (χ3v) is 3.94. The number of aromatic nitrogens is 2. The Morgan fingerprint density at radius 2 is 2.07 bits per heavy atom. The molecule has 2 aromatic carbocycles. The molecule has 7 nitrogen and oxygen atoms in total. The largest absolute Gasteiger partial charge is 0.493 e. The van der Waals surface area contributed by atoms with Gasteiger partial charge in [-0.25, -0.2) is 9.78 Å². The zero-order valence-corrected chi connectivity index (χ0v) is 14.8. The van der Waals surface area contributed by atoms with Gasteiger partial charge in [0.1, 0.15) is 11.9 Å². The lowest BCUT2D eigenvalue weighted by atomic mass is 10.1. The summed E-state index contributed by atoms with van der Waals surface area (Å²) in [4.78, 5) is 18.7. The fourth-order valence-corrected chi connectivity index (χ4v) is 2.55. The van der Waals surface area contributed by atoms with Crippen LogP contribution in [0.5, 0.6) is 11.5 Å². The van der Waals surface area contributed by atoms with Crippen molar-refractivity contribution in [1.82, 2.24) is 9.97 Å². The molecule has 1 aromatic heterocycles. The molecule has 0 aliphatic carbocycles. The second-order valence-electron chi connectivity index (χ2n) is 5.75. The molecule has 3 aromatic rings. The van der Waals surface area contributed by atoms with E-state index in [0.717, 1.165) is 11.0 Å². The average molecular weight is 363 g/mol. The van der Waals surface area contributed by atoms with Gasteiger partial charge in [-0.2, -0.15) is 5.26 Å². The SMILES string of the molecule is COc1cccc(/C=C(/C#N)c2nc3ccccc3[nH]2)c1O[C@@H](C)C(=O)O. The third kappa shape index (κ3) is 3.75. The Bertz CT molecular complexity index is 1030. The number of carboxylic acid groups (broad SMARTS) is 1. The van der Waals surface area contributed by atoms with E-state index in [0.29, 0.717) is 17.1 Å². The van der Waals surface area contributed by atoms with E-state index >= 15 is 0 Å². The molecule has 0 radical (unpaired) electrons. The summed E-state index contributed by atoms with van der Waals surface area (Å²) in [6, 6.07) is 14.7. The van der Waals surface area contributed by atoms with Crippen LogP contribution in [-0.4, -0.2) is 34.3 Å². The van der Waals surface area contributed by atoms with Crippen molar-refractivity contribution in [2.24, 2.45) is 0 Å². The zero-order chi connectivity index (χ0) is 19.4. The number of rotatable bonds is 6. The van der Waals surface area contributed by atoms with Gasteiger partial charge in [-0.15, -0.1) is 0 Å². The molecule has 0 bridgehead atoms. The lowest BCUT2D eigenvalue weighted by Crippen LogP contribution is -2.23. The first kappa shape index (κ1) is 18.0. The van der Waals surface area contributed by atoms with Gasteiger partial charge in [-0.3, -0.25) is 0 Å². The maximum absolute atomic E-state index is 11.2. The Balaban J connectivity index is 2.08. The van der Waals surface area contributed by atoms with Gasteiger partial charge in [0, 0.05) is 5.56 Å². The number of nitriles is 1. The Morgan fingerprint density at radius 3 is 2.74 bits per heavy atom. The summed E-state index contributed by atoms with van der Waals surface area (Å²) >= 11 is 0. The van der Waals surface area contributed by atoms with Crippen LogP contribution >= 0.6 is 0 Å². The number of H-pyrrole nitrogens is 1. The molecule has 0 aliphatic heterocycles. The summed E-state index contributed by atoms with van der Waals surface area (Å²) in [5, 5.41) is 18.7. The van der Waals surface area contributed by atoms with Crippen LogP contribution in [0.3, 0.4) is 0 Å². The molecule has 2 N–H and O–H groups in total. The second kappa shape index (κ2) is 7.62. The van der Waals surface area contributed by atoms with Crippen LogP contribution in [-0.2, 0) is 4.79 Å². The van der Waals surface area contributed by atoms with Crippen molar-refractivity contribution >= 4 is 28.7 Å². The van der Waals surface area contributed by atoms with Gasteiger partial charge in [0.05, 0.1) is 23.7 Å². The molecule has 0 fully saturated rings. The van der Waals surface area contributed by atoms with Crippen molar-refractivity contribution in [3.05, 3.63) is 53.9 Å². The molecule has 0 saturated heterocycles. The molecule has 27 heavy (non-hydrogen) atoms. The number of hydrogen-bond donors (Lipinski definition) is 2. The molecule has 1 heterocycles. The molecule has 0 unspecified atom stereocenters. The smallest absolute Gasteiger partial charge is 0.344 e. The maximum atomic E-state index is 11.2. The Labute approximate surface area is 155 Å². The van der Waals surface area contributed by atoms with E-state index in [2.05, 4.69) is 16.0 Å². The van der Waals surface area contributed by atoms with Gasteiger partial charge in [0.2, 0.25) is 0 Å². The first-order valence-electron chi connectivity index (χ1n) is 8.17. The van der Waals surface area contributed by atoms with Crippen molar-refractivity contribution in [2.45, 2.75) is 13.0 Å². The first-order chi connectivity index (χ1) is 13.0. The van der Waals surface area contributed by atoms with Gasteiger partial charge in [0.25, 0.3) is 0 Å². The monoisotopic (exact) mass is 363 g/mol. The zero-order valence-electron chi connectivity index (χ0n) is 14.8. The van der Waals surface area contributed by atoms with Crippen LogP contribution in [0.15, 0.2) is 42.5 Å². The molecular formula is C20H17N3O4. The highest BCUT2D eigenvalue weighted by Gasteiger charge is 2.19. The van der Waals surface area contributed by atoms with E-state index in [1.165, 1.54) is 14.0 Å². The Hall–Kier alpha value is -3.79. The maximum Gasteiger partial charge on any atom is 0.344 e. The number of imidazole rings is 1. The highest BCUT2D eigenvalue weighted by Crippen LogP contribution is 2.34. The molecular weight excluding hydrogens is 346 g/mol. The van der Waals surface area contributed by atoms with E-state index in [9.17, 15) is 10.1 Å². The number of nitrogens with one attached hydrogen (secondary N) is 1. The van der Waals surface area contributed by atoms with Crippen molar-refractivity contribution < 1.29 is 19.4 Å². The highest BCUT2D eigenvalue weighted by atomic mass is 16.5. The van der Waals surface area contributed by atoms with Crippen LogP contribution in [0.2, 0.25) is 0 Å². The fourth-order valence-electron chi connectivity index (χ4n) is 2.55. The van der Waals surface area contributed by atoms with Crippen LogP contribution in [0.4, 0.5) is 0 Å². The Morgan fingerprint density at radius 1 is 1.30 bits per heavy atom. The summed E-state index contributed by atoms with van der Waals surface area (Å²) in [7, 11) is 1.46. The van der Waals surface area contributed by atoms with E-state index in [1.54, 1.807) is 24.3 Å². The average Bonchev–Trinajstić information content (AvgIpc) is 3.10. The number of aliphatic carboxylic acids is 1. The standard InChI is InChI=1S/C20H17N3O4/c1-12(20(24)25)27-18-13(6-5-9-17(18)26-2)10-14(11-21)19-22-15-7-3-4-8-16(15)23-19/h3-10,12H,1-2H3,(H,22,23)(H,24,25)/b14-10-/t12-/m0/s1. The molecule has 3 rings (SSSR count). The summed E-state index contributed by atoms with van der Waals surface area (Å²) in [6.07, 6.45) is 0.509. The molecule has 0 saturated carbocycles. The number of hydrogen-bond acceptors (Lipinski definition) is 5. The van der Waals surface area contributed by atoms with Crippen molar-refractivity contribution in [3.8, 4) is 17.6 Å². The minimum Gasteiger partial charge on any atom is -0.493 e. The predicted molar refractivity (Wildman–Crippen MR) is 100 cm³/mol. The van der Waals surface area contributed by atoms with Crippen molar-refractivity contribution in [1.29, 1.82) is 5.26 Å². The predicted octanol–water partition coefficient (Wildman–Crippen LogP) is 3.49. The van der Waals surface area contributed by atoms with Crippen molar-refractivity contribution in [3.63, 3.8) is 0 Å². The number of allylic oxidation sites excluding steroid dienone is 1. The van der Waals surface area contributed by atoms with Crippen LogP contribution in [0, 0.1) is 11.3 Å². The third-order valence-electron chi connectivity index (χ3n) is 3.94. The van der Waals surface area contributed by atoms with Gasteiger partial charge in [0.15, 0.2) is 17.6 Å². The van der Waals surface area contributed by atoms with E-state index < -0.39 is 12.1 Å². The number of nitrogens with zero attached hydrogens (tertiary/aromatic N) is 2. The van der Waals surface area contributed by atoms with E-state index in [1.807, 2.05) is 24.3 Å². The number of methoxy groups -OCH3 is 1. The van der Waals surface area contributed by atoms with Crippen molar-refractivity contribution in [2.75, 3.05) is 7.11 Å². The number of benzene rings is 2. The minimum absolute atomic E-state index is 0.249. The quantitative estimate of drug-likeness (QED) is 0.649. The molecule has 0 aliphatic rings. The first-order valence-corrected chi connectivity index (χ1v) is 8.17. The number of carboxylic acids is 1. The summed E-state index contributed by atoms with van der Waals surface area (Å²) < 4.78 is 10.8. The number of carbonyl (C=O) groups is 1. The topological polar surface area (TPSA) is 108 Å². The summed E-state index contributed by atoms with van der Waals surface area (Å²) in [5.74, 6) is -0.0649. The van der Waals surface area contributed by atoms with Gasteiger partial charge in [-0.1, -0.05) is 24.3 Å². The number of ether oxygens (including phenoxy) is 2. The fraction of sp³-hybridized carbons (Fsp3) is 0.150. The lowest BCUT2D eigenvalue weighted by Gasteiger charge is -2.16. The van der Waals surface area contributed by atoms with Crippen LogP contribution in [0.25, 0.3) is 22.7 Å². The van der Waals surface area contributed by atoms with Crippen LogP contribution in [0.1, 0.15) is 18.3 Å². The molecule has 1 atom stereocenters. The molecule has 0 spiro atoms.